The molecule has 118 valence electrons. The lowest BCUT2D eigenvalue weighted by Gasteiger charge is -2.24. The van der Waals surface area contributed by atoms with E-state index in [0.717, 1.165) is 0 Å². The molecule has 0 saturated carbocycles. The number of alkyl halides is 6. The molecule has 3 rings (SSSR count). The Balaban J connectivity index is 2.34. The number of rotatable bonds is 1. The highest BCUT2D eigenvalue weighted by molar-refractivity contribution is 7.20. The number of allylic oxidation sites excluding steroid dienone is 2. The standard InChI is InChI=1S/C14H7F7S/c1-6-7-4-2-3-5-8(7)22-10(6)9-11(15)13(18,19)14(20,21)12(9,16)17/h2-5H,1H3. The summed E-state index contributed by atoms with van der Waals surface area (Å²) in [6.07, 6.45) is 0. The largest absolute Gasteiger partial charge is 0.383 e. The van der Waals surface area contributed by atoms with E-state index >= 15 is 0 Å². The normalized spacial score (nSPS) is 22.5. The Morgan fingerprint density at radius 3 is 2.00 bits per heavy atom. The van der Waals surface area contributed by atoms with E-state index in [4.69, 9.17) is 0 Å². The lowest BCUT2D eigenvalue weighted by atomic mass is 10.0. The van der Waals surface area contributed by atoms with E-state index in [-0.39, 0.29) is 5.56 Å². The van der Waals surface area contributed by atoms with Crippen molar-refractivity contribution in [2.45, 2.75) is 24.7 Å². The van der Waals surface area contributed by atoms with Gasteiger partial charge in [0.25, 0.3) is 0 Å². The Morgan fingerprint density at radius 1 is 0.909 bits per heavy atom. The number of hydrogen-bond acceptors (Lipinski definition) is 1. The minimum Gasteiger partial charge on any atom is -0.204 e. The smallest absolute Gasteiger partial charge is 0.204 e. The van der Waals surface area contributed by atoms with Gasteiger partial charge in [0.2, 0.25) is 0 Å². The van der Waals surface area contributed by atoms with E-state index in [1.54, 1.807) is 12.1 Å². The van der Waals surface area contributed by atoms with E-state index in [2.05, 4.69) is 0 Å². The molecule has 1 heterocycles. The number of benzene rings is 1. The van der Waals surface area contributed by atoms with Crippen LogP contribution in [0, 0.1) is 6.92 Å². The van der Waals surface area contributed by atoms with Gasteiger partial charge in [0, 0.05) is 9.58 Å². The zero-order chi connectivity index (χ0) is 16.5. The average Bonchev–Trinajstić information content (AvgIpc) is 2.79. The maximum atomic E-state index is 13.8. The van der Waals surface area contributed by atoms with Crippen LogP contribution in [0.2, 0.25) is 0 Å². The van der Waals surface area contributed by atoms with Crippen molar-refractivity contribution in [2.75, 3.05) is 0 Å². The summed E-state index contributed by atoms with van der Waals surface area (Å²) >= 11 is 0.584. The predicted octanol–water partition coefficient (Wildman–Crippen LogP) is 5.81. The average molecular weight is 340 g/mol. The Bertz CT molecular complexity index is 801. The fourth-order valence-electron chi connectivity index (χ4n) is 2.44. The van der Waals surface area contributed by atoms with Gasteiger partial charge < -0.3 is 0 Å². The molecule has 0 N–H and O–H groups in total. The van der Waals surface area contributed by atoms with Crippen molar-refractivity contribution in [3.05, 3.63) is 40.5 Å². The zero-order valence-corrected chi connectivity index (χ0v) is 11.7. The predicted molar refractivity (Wildman–Crippen MR) is 69.4 cm³/mol. The number of fused-ring (bicyclic) bond motifs is 1. The number of halogens is 7. The Hall–Kier alpha value is -1.57. The van der Waals surface area contributed by atoms with Crippen molar-refractivity contribution in [1.29, 1.82) is 0 Å². The molecule has 2 aromatic rings. The molecule has 0 aliphatic heterocycles. The fraction of sp³-hybridized carbons (Fsp3) is 0.286. The second-order valence-electron chi connectivity index (χ2n) is 4.96. The summed E-state index contributed by atoms with van der Waals surface area (Å²) in [5, 5.41) is 0.428. The van der Waals surface area contributed by atoms with Gasteiger partial charge in [0.05, 0.1) is 5.57 Å². The SMILES string of the molecule is Cc1c(C2=C(F)C(F)(F)C(F)(F)C2(F)F)sc2ccccc12. The highest BCUT2D eigenvalue weighted by atomic mass is 32.1. The Labute approximate surface area is 123 Å². The summed E-state index contributed by atoms with van der Waals surface area (Å²) in [5.41, 5.74) is -1.85. The topological polar surface area (TPSA) is 0 Å². The van der Waals surface area contributed by atoms with Gasteiger partial charge in [-0.2, -0.15) is 26.3 Å². The lowest BCUT2D eigenvalue weighted by Crippen LogP contribution is -2.48. The Kier molecular flexibility index (Phi) is 2.96. The van der Waals surface area contributed by atoms with Crippen LogP contribution in [-0.2, 0) is 0 Å². The van der Waals surface area contributed by atoms with Crippen molar-refractivity contribution >= 4 is 27.0 Å². The molecule has 0 fully saturated rings. The van der Waals surface area contributed by atoms with Crippen LogP contribution in [-0.4, -0.2) is 17.8 Å². The Morgan fingerprint density at radius 2 is 1.50 bits per heavy atom. The molecule has 1 aromatic carbocycles. The molecule has 0 unspecified atom stereocenters. The third kappa shape index (κ3) is 1.59. The van der Waals surface area contributed by atoms with Crippen LogP contribution >= 0.6 is 11.3 Å². The molecule has 0 atom stereocenters. The summed E-state index contributed by atoms with van der Waals surface area (Å²) < 4.78 is 94.9. The van der Waals surface area contributed by atoms with Gasteiger partial charge in [0.15, 0.2) is 5.83 Å². The molecular formula is C14H7F7S. The van der Waals surface area contributed by atoms with E-state index in [1.165, 1.54) is 19.1 Å². The van der Waals surface area contributed by atoms with Crippen molar-refractivity contribution in [1.82, 2.24) is 0 Å². The van der Waals surface area contributed by atoms with Gasteiger partial charge in [-0.3, -0.25) is 0 Å². The fourth-order valence-corrected chi connectivity index (χ4v) is 3.72. The van der Waals surface area contributed by atoms with Gasteiger partial charge in [0.1, 0.15) is 0 Å². The molecule has 1 aromatic heterocycles. The number of aryl methyl sites for hydroxylation is 1. The van der Waals surface area contributed by atoms with E-state index in [1.807, 2.05) is 0 Å². The molecule has 0 saturated heterocycles. The third-order valence-electron chi connectivity index (χ3n) is 3.67. The molecule has 0 radical (unpaired) electrons. The maximum absolute atomic E-state index is 13.8. The molecule has 1 aliphatic rings. The summed E-state index contributed by atoms with van der Waals surface area (Å²) in [6.45, 7) is 1.30. The quantitative estimate of drug-likeness (QED) is 0.575. The molecule has 22 heavy (non-hydrogen) atoms. The van der Waals surface area contributed by atoms with Gasteiger partial charge >= 0.3 is 17.8 Å². The van der Waals surface area contributed by atoms with Crippen molar-refractivity contribution < 1.29 is 30.7 Å². The second-order valence-corrected chi connectivity index (χ2v) is 6.02. The lowest BCUT2D eigenvalue weighted by molar-refractivity contribution is -0.263. The number of thiophene rings is 1. The van der Waals surface area contributed by atoms with Crippen LogP contribution in [0.25, 0.3) is 15.7 Å². The van der Waals surface area contributed by atoms with Gasteiger partial charge in [-0.25, -0.2) is 4.39 Å². The first-order chi connectivity index (χ1) is 10.0. The summed E-state index contributed by atoms with van der Waals surface area (Å²) in [5.74, 6) is -19.4. The molecule has 1 aliphatic carbocycles. The van der Waals surface area contributed by atoms with Crippen LogP contribution < -0.4 is 0 Å². The first-order valence-electron chi connectivity index (χ1n) is 6.06. The molecular weight excluding hydrogens is 333 g/mol. The first kappa shape index (κ1) is 15.3. The minimum absolute atomic E-state index is 0.0684. The molecule has 0 amide bonds. The number of hydrogen-bond donors (Lipinski definition) is 0. The van der Waals surface area contributed by atoms with E-state index in [9.17, 15) is 30.7 Å². The van der Waals surface area contributed by atoms with Crippen molar-refractivity contribution in [2.24, 2.45) is 0 Å². The summed E-state index contributed by atoms with van der Waals surface area (Å²) in [6, 6.07) is 6.18. The maximum Gasteiger partial charge on any atom is 0.383 e. The first-order valence-corrected chi connectivity index (χ1v) is 6.87. The van der Waals surface area contributed by atoms with Crippen LogP contribution in [0.5, 0.6) is 0 Å². The van der Waals surface area contributed by atoms with Crippen molar-refractivity contribution in [3.8, 4) is 0 Å². The van der Waals surface area contributed by atoms with Gasteiger partial charge in [-0.05, 0) is 23.9 Å². The second kappa shape index (κ2) is 4.24. The van der Waals surface area contributed by atoms with Crippen LogP contribution in [0.15, 0.2) is 30.1 Å². The monoisotopic (exact) mass is 340 g/mol. The molecule has 8 heteroatoms. The van der Waals surface area contributed by atoms with E-state index < -0.39 is 34.0 Å². The van der Waals surface area contributed by atoms with Crippen molar-refractivity contribution in [3.63, 3.8) is 0 Å². The highest BCUT2D eigenvalue weighted by Gasteiger charge is 2.81. The van der Waals surface area contributed by atoms with Crippen LogP contribution in [0.3, 0.4) is 0 Å². The zero-order valence-electron chi connectivity index (χ0n) is 10.9. The summed E-state index contributed by atoms with van der Waals surface area (Å²) in [4.78, 5) is -0.583. The molecule has 0 spiro atoms. The molecule has 0 bridgehead atoms. The minimum atomic E-state index is -5.80. The van der Waals surface area contributed by atoms with E-state index in [0.29, 0.717) is 21.4 Å². The van der Waals surface area contributed by atoms with Gasteiger partial charge in [-0.15, -0.1) is 11.3 Å². The van der Waals surface area contributed by atoms with Gasteiger partial charge in [-0.1, -0.05) is 18.2 Å². The van der Waals surface area contributed by atoms with Crippen LogP contribution in [0.4, 0.5) is 30.7 Å². The highest BCUT2D eigenvalue weighted by Crippen LogP contribution is 2.63. The molecule has 0 nitrogen and oxygen atoms in total. The van der Waals surface area contributed by atoms with Crippen LogP contribution in [0.1, 0.15) is 10.4 Å². The summed E-state index contributed by atoms with van der Waals surface area (Å²) in [7, 11) is 0. The third-order valence-corrected chi connectivity index (χ3v) is 4.96.